The van der Waals surface area contributed by atoms with Crippen LogP contribution in [-0.4, -0.2) is 62.0 Å². The second-order valence-corrected chi connectivity index (χ2v) is 6.85. The minimum absolute atomic E-state index is 0.176. The van der Waals surface area contributed by atoms with Crippen LogP contribution >= 0.6 is 0 Å². The average Bonchev–Trinajstić information content (AvgIpc) is 3.24. The van der Waals surface area contributed by atoms with Gasteiger partial charge in [0.15, 0.2) is 5.82 Å². The molecule has 150 valence electrons. The first-order chi connectivity index (χ1) is 13.8. The van der Waals surface area contributed by atoms with Crippen molar-refractivity contribution in [1.82, 2.24) is 9.88 Å². The lowest BCUT2D eigenvalue weighted by Gasteiger charge is -2.35. The molecule has 0 spiro atoms. The molecule has 1 unspecified atom stereocenters. The number of nitrogens with zero attached hydrogens (tertiary/aromatic N) is 3. The van der Waals surface area contributed by atoms with E-state index >= 15 is 0 Å². The van der Waals surface area contributed by atoms with Crippen LogP contribution in [0.4, 0.5) is 16.3 Å². The molecule has 2 aromatic rings. The first kappa shape index (κ1) is 18.8. The van der Waals surface area contributed by atoms with Crippen molar-refractivity contribution in [2.75, 3.05) is 56.3 Å². The van der Waals surface area contributed by atoms with E-state index in [2.05, 4.69) is 15.2 Å². The number of pyridine rings is 1. The Kier molecular flexibility index (Phi) is 5.78. The molecule has 28 heavy (non-hydrogen) atoms. The predicted octanol–water partition coefficient (Wildman–Crippen LogP) is 2.68. The fourth-order valence-electron chi connectivity index (χ4n) is 3.55. The van der Waals surface area contributed by atoms with E-state index in [9.17, 15) is 4.79 Å². The minimum atomic E-state index is -0.238. The average molecular weight is 386 g/mol. The van der Waals surface area contributed by atoms with Crippen LogP contribution in [0, 0.1) is 0 Å². The summed E-state index contributed by atoms with van der Waals surface area (Å²) in [6.45, 7) is 6.31. The Balaban J connectivity index is 1.52. The van der Waals surface area contributed by atoms with Gasteiger partial charge in [0, 0.05) is 32.3 Å². The van der Waals surface area contributed by atoms with Gasteiger partial charge in [0.1, 0.15) is 17.6 Å². The summed E-state index contributed by atoms with van der Waals surface area (Å²) in [5, 5.41) is 3.04. The highest BCUT2D eigenvalue weighted by atomic mass is 16.5. The number of furan rings is 1. The van der Waals surface area contributed by atoms with E-state index in [0.29, 0.717) is 38.7 Å². The first-order valence-corrected chi connectivity index (χ1v) is 9.78. The van der Waals surface area contributed by atoms with E-state index < -0.39 is 0 Å². The zero-order valence-corrected chi connectivity index (χ0v) is 16.1. The number of hydrogen-bond acceptors (Lipinski definition) is 6. The lowest BCUT2D eigenvalue weighted by Crippen LogP contribution is -2.45. The van der Waals surface area contributed by atoms with Crippen LogP contribution in [0.1, 0.15) is 24.5 Å². The molecule has 4 heterocycles. The zero-order valence-electron chi connectivity index (χ0n) is 16.1. The van der Waals surface area contributed by atoms with E-state index in [1.807, 2.05) is 31.2 Å². The van der Waals surface area contributed by atoms with E-state index in [1.54, 1.807) is 11.1 Å². The van der Waals surface area contributed by atoms with Crippen LogP contribution in [0.5, 0.6) is 0 Å². The fraction of sp³-hybridized carbons (Fsp3) is 0.500. The van der Waals surface area contributed by atoms with Gasteiger partial charge in [-0.1, -0.05) is 6.92 Å². The van der Waals surface area contributed by atoms with Gasteiger partial charge >= 0.3 is 6.03 Å². The normalized spacial score (nSPS) is 20.2. The Labute approximate surface area is 164 Å². The van der Waals surface area contributed by atoms with Crippen molar-refractivity contribution in [3.63, 3.8) is 0 Å². The predicted molar refractivity (Wildman–Crippen MR) is 105 cm³/mol. The fourth-order valence-corrected chi connectivity index (χ4v) is 3.55. The summed E-state index contributed by atoms with van der Waals surface area (Å²) >= 11 is 0. The summed E-state index contributed by atoms with van der Waals surface area (Å²) < 4.78 is 16.9. The molecule has 2 aliphatic heterocycles. The number of anilines is 2. The van der Waals surface area contributed by atoms with Crippen LogP contribution in [0.2, 0.25) is 0 Å². The molecular weight excluding hydrogens is 360 g/mol. The van der Waals surface area contributed by atoms with Crippen molar-refractivity contribution in [2.45, 2.75) is 19.4 Å². The number of amides is 2. The van der Waals surface area contributed by atoms with Crippen LogP contribution in [0.3, 0.4) is 0 Å². The summed E-state index contributed by atoms with van der Waals surface area (Å²) in [5.41, 5.74) is 0.702. The van der Waals surface area contributed by atoms with Gasteiger partial charge in [-0.05, 0) is 24.3 Å². The number of aromatic nitrogens is 1. The zero-order chi connectivity index (χ0) is 19.3. The third-order valence-corrected chi connectivity index (χ3v) is 5.09. The molecule has 2 fully saturated rings. The Morgan fingerprint density at radius 1 is 1.18 bits per heavy atom. The second-order valence-electron chi connectivity index (χ2n) is 6.85. The Hall–Kier alpha value is -2.58. The summed E-state index contributed by atoms with van der Waals surface area (Å²) in [4.78, 5) is 21.5. The largest absolute Gasteiger partial charge is 0.464 e. The van der Waals surface area contributed by atoms with E-state index in [1.165, 1.54) is 0 Å². The highest BCUT2D eigenvalue weighted by molar-refractivity contribution is 5.92. The molecule has 8 heteroatoms. The molecule has 0 aliphatic carbocycles. The third kappa shape index (κ3) is 3.98. The summed E-state index contributed by atoms with van der Waals surface area (Å²) in [6, 6.07) is 7.19. The number of hydrogen-bond donors (Lipinski definition) is 1. The molecule has 0 saturated carbocycles. The molecule has 2 aromatic heterocycles. The standard InChI is InChI=1S/C20H26N4O4/c1-2-15-5-6-18(28-15)17-14-27-13-10-24(17)20(25)22-16-4-3-7-21-19(16)23-8-11-26-12-9-23/h3-7,17H,2,8-14H2,1H3,(H,22,25). The number of aryl methyl sites for hydroxylation is 1. The molecule has 2 saturated heterocycles. The lowest BCUT2D eigenvalue weighted by molar-refractivity contribution is 0.00702. The SMILES string of the molecule is CCc1ccc(C2COCCN2C(=O)Nc2cccnc2N2CCOCC2)o1. The summed E-state index contributed by atoms with van der Waals surface area (Å²) in [6.07, 6.45) is 2.56. The third-order valence-electron chi connectivity index (χ3n) is 5.09. The van der Waals surface area contributed by atoms with Gasteiger partial charge < -0.3 is 29.0 Å². The number of morpholine rings is 2. The molecule has 1 atom stereocenters. The van der Waals surface area contributed by atoms with Gasteiger partial charge in [-0.3, -0.25) is 0 Å². The smallest absolute Gasteiger partial charge is 0.322 e. The number of urea groups is 1. The molecule has 0 radical (unpaired) electrons. The highest BCUT2D eigenvalue weighted by Crippen LogP contribution is 2.29. The molecule has 8 nitrogen and oxygen atoms in total. The Morgan fingerprint density at radius 2 is 2.00 bits per heavy atom. The number of rotatable bonds is 4. The van der Waals surface area contributed by atoms with E-state index in [0.717, 1.165) is 36.8 Å². The monoisotopic (exact) mass is 386 g/mol. The van der Waals surface area contributed by atoms with Crippen molar-refractivity contribution in [3.8, 4) is 0 Å². The van der Waals surface area contributed by atoms with Gasteiger partial charge in [-0.15, -0.1) is 0 Å². The number of nitrogens with one attached hydrogen (secondary N) is 1. The molecule has 0 bridgehead atoms. The maximum atomic E-state index is 13.1. The second kappa shape index (κ2) is 8.62. The van der Waals surface area contributed by atoms with Crippen LogP contribution in [0.25, 0.3) is 0 Å². The molecule has 0 aromatic carbocycles. The maximum absolute atomic E-state index is 13.1. The van der Waals surface area contributed by atoms with Gasteiger partial charge in [-0.2, -0.15) is 0 Å². The molecule has 4 rings (SSSR count). The van der Waals surface area contributed by atoms with Crippen LogP contribution in [-0.2, 0) is 15.9 Å². The van der Waals surface area contributed by atoms with Crippen molar-refractivity contribution in [3.05, 3.63) is 42.0 Å². The topological polar surface area (TPSA) is 80.1 Å². The molecular formula is C20H26N4O4. The van der Waals surface area contributed by atoms with Gasteiger partial charge in [0.25, 0.3) is 0 Å². The summed E-state index contributed by atoms with van der Waals surface area (Å²) in [7, 11) is 0. The molecule has 1 N–H and O–H groups in total. The lowest BCUT2D eigenvalue weighted by atomic mass is 10.2. The number of carbonyl (C=O) groups is 1. The van der Waals surface area contributed by atoms with E-state index in [-0.39, 0.29) is 12.1 Å². The number of ether oxygens (including phenoxy) is 2. The quantitative estimate of drug-likeness (QED) is 0.870. The molecule has 2 amide bonds. The summed E-state index contributed by atoms with van der Waals surface area (Å²) in [5.74, 6) is 2.43. The Morgan fingerprint density at radius 3 is 2.79 bits per heavy atom. The highest BCUT2D eigenvalue weighted by Gasteiger charge is 2.31. The first-order valence-electron chi connectivity index (χ1n) is 9.78. The molecule has 2 aliphatic rings. The number of carbonyl (C=O) groups excluding carboxylic acids is 1. The van der Waals surface area contributed by atoms with Crippen molar-refractivity contribution in [2.24, 2.45) is 0 Å². The van der Waals surface area contributed by atoms with E-state index in [4.69, 9.17) is 13.9 Å². The van der Waals surface area contributed by atoms with Crippen molar-refractivity contribution < 1.29 is 18.7 Å². The van der Waals surface area contributed by atoms with Gasteiger partial charge in [-0.25, -0.2) is 9.78 Å². The minimum Gasteiger partial charge on any atom is -0.464 e. The van der Waals surface area contributed by atoms with Gasteiger partial charge in [0.05, 0.1) is 32.1 Å². The van der Waals surface area contributed by atoms with Crippen molar-refractivity contribution >= 4 is 17.5 Å². The van der Waals surface area contributed by atoms with Crippen molar-refractivity contribution in [1.29, 1.82) is 0 Å². The maximum Gasteiger partial charge on any atom is 0.322 e. The van der Waals surface area contributed by atoms with Crippen LogP contribution in [0.15, 0.2) is 34.9 Å². The van der Waals surface area contributed by atoms with Gasteiger partial charge in [0.2, 0.25) is 0 Å². The van der Waals surface area contributed by atoms with Crippen LogP contribution < -0.4 is 10.2 Å². The Bertz CT molecular complexity index is 803.